The van der Waals surface area contributed by atoms with Crippen molar-refractivity contribution < 1.29 is 14.3 Å². The van der Waals surface area contributed by atoms with E-state index in [0.717, 1.165) is 71.1 Å². The molecule has 3 amide bonds. The van der Waals surface area contributed by atoms with Gasteiger partial charge in [0, 0.05) is 47.8 Å². The number of carbonyl (C=O) groups excluding carboxylic acids is 2. The third-order valence-electron chi connectivity index (χ3n) is 6.52. The molecule has 39 heavy (non-hydrogen) atoms. The third kappa shape index (κ3) is 7.32. The fourth-order valence-corrected chi connectivity index (χ4v) is 5.15. The van der Waals surface area contributed by atoms with Crippen molar-refractivity contribution in [2.45, 2.75) is 13.3 Å². The normalized spacial score (nSPS) is 14.1. The first kappa shape index (κ1) is 26.6. The summed E-state index contributed by atoms with van der Waals surface area (Å²) in [5.41, 5.74) is 5.02. The first-order valence-corrected chi connectivity index (χ1v) is 13.9. The lowest BCUT2D eigenvalue weighted by Gasteiger charge is -2.26. The topological polar surface area (TPSA) is 111 Å². The summed E-state index contributed by atoms with van der Waals surface area (Å²) in [6, 6.07) is 15.3. The number of aryl methyl sites for hydroxylation is 1. The van der Waals surface area contributed by atoms with Gasteiger partial charge < -0.3 is 20.7 Å². The molecule has 2 aromatic carbocycles. The Morgan fingerprint density at radius 2 is 1.97 bits per heavy atom. The number of aromatic amines is 1. The maximum absolute atomic E-state index is 12.6. The molecule has 0 atom stereocenters. The van der Waals surface area contributed by atoms with E-state index < -0.39 is 0 Å². The monoisotopic (exact) mass is 544 g/mol. The highest BCUT2D eigenvalue weighted by molar-refractivity contribution is 7.10. The maximum atomic E-state index is 12.6. The summed E-state index contributed by atoms with van der Waals surface area (Å²) in [4.78, 5) is 28.2. The number of morpholine rings is 1. The molecule has 1 saturated heterocycles. The second kappa shape index (κ2) is 12.7. The average molecular weight is 545 g/mol. The molecule has 0 unspecified atom stereocenters. The minimum atomic E-state index is -0.230. The second-order valence-corrected chi connectivity index (χ2v) is 10.5. The fraction of sp³-hybridized carbons (Fsp3) is 0.276. The van der Waals surface area contributed by atoms with E-state index in [1.54, 1.807) is 11.3 Å². The van der Waals surface area contributed by atoms with Gasteiger partial charge in [-0.3, -0.25) is 14.8 Å². The molecular weight excluding hydrogens is 512 g/mol. The summed E-state index contributed by atoms with van der Waals surface area (Å²) in [7, 11) is 0. The van der Waals surface area contributed by atoms with Crippen LogP contribution in [0, 0.1) is 6.92 Å². The van der Waals surface area contributed by atoms with Crippen molar-refractivity contribution in [3.05, 3.63) is 75.6 Å². The standard InChI is InChI=1S/C29H32N6O3S/c1-20-16-27-24(19-26(20)32-28(36)18-23-6-3-15-39-23)25(33-34-27)8-7-21-4-2-5-22(17-21)31-29(37)30-9-10-35-11-13-38-14-12-35/h2-8,15-17,19H,9-14,18H2,1H3,(H,32,36)(H,33,34)(H2,30,31,37)/b8-7+. The van der Waals surface area contributed by atoms with E-state index in [0.29, 0.717) is 18.7 Å². The maximum Gasteiger partial charge on any atom is 0.319 e. The molecule has 1 fully saturated rings. The molecular formula is C29H32N6O3S. The predicted octanol–water partition coefficient (Wildman–Crippen LogP) is 4.74. The Bertz CT molecular complexity index is 1460. The van der Waals surface area contributed by atoms with E-state index in [2.05, 4.69) is 31.0 Å². The van der Waals surface area contributed by atoms with Gasteiger partial charge in [0.25, 0.3) is 0 Å². The Labute approximate surface area is 231 Å². The van der Waals surface area contributed by atoms with Crippen molar-refractivity contribution >= 4 is 57.7 Å². The van der Waals surface area contributed by atoms with Crippen molar-refractivity contribution in [2.75, 3.05) is 50.0 Å². The molecule has 4 N–H and O–H groups in total. The lowest BCUT2D eigenvalue weighted by atomic mass is 10.1. The smallest absolute Gasteiger partial charge is 0.319 e. The van der Waals surface area contributed by atoms with Crippen LogP contribution in [0.4, 0.5) is 16.2 Å². The number of urea groups is 1. The van der Waals surface area contributed by atoms with Crippen LogP contribution in [0.5, 0.6) is 0 Å². The number of rotatable bonds is 9. The number of carbonyl (C=O) groups is 2. The zero-order valence-corrected chi connectivity index (χ0v) is 22.6. The Hall–Kier alpha value is -3.99. The highest BCUT2D eigenvalue weighted by Crippen LogP contribution is 2.26. The number of H-pyrrole nitrogens is 1. The van der Waals surface area contributed by atoms with Crippen LogP contribution in [0.2, 0.25) is 0 Å². The van der Waals surface area contributed by atoms with E-state index in [1.807, 2.05) is 73.0 Å². The van der Waals surface area contributed by atoms with Crippen molar-refractivity contribution in [3.8, 4) is 0 Å². The summed E-state index contributed by atoms with van der Waals surface area (Å²) in [5.74, 6) is -0.0464. The Morgan fingerprint density at radius 3 is 2.79 bits per heavy atom. The lowest BCUT2D eigenvalue weighted by Crippen LogP contribution is -2.42. The Balaban J connectivity index is 1.21. The number of nitrogens with one attached hydrogen (secondary N) is 4. The van der Waals surface area contributed by atoms with Gasteiger partial charge in [-0.15, -0.1) is 11.3 Å². The summed E-state index contributed by atoms with van der Waals surface area (Å²) in [6.45, 7) is 6.63. The third-order valence-corrected chi connectivity index (χ3v) is 7.40. The fourth-order valence-electron chi connectivity index (χ4n) is 4.44. The van der Waals surface area contributed by atoms with Crippen molar-refractivity contribution in [3.63, 3.8) is 0 Å². The quantitative estimate of drug-likeness (QED) is 0.243. The van der Waals surface area contributed by atoms with E-state index >= 15 is 0 Å². The Morgan fingerprint density at radius 1 is 1.10 bits per heavy atom. The number of thiophene rings is 1. The molecule has 0 bridgehead atoms. The van der Waals surface area contributed by atoms with Crippen LogP contribution in [0.1, 0.15) is 21.7 Å². The van der Waals surface area contributed by atoms with Gasteiger partial charge in [-0.25, -0.2) is 4.79 Å². The van der Waals surface area contributed by atoms with Crippen LogP contribution in [-0.4, -0.2) is 66.4 Å². The van der Waals surface area contributed by atoms with E-state index in [-0.39, 0.29) is 11.9 Å². The second-order valence-electron chi connectivity index (χ2n) is 9.42. The summed E-state index contributed by atoms with van der Waals surface area (Å²) < 4.78 is 5.35. The van der Waals surface area contributed by atoms with Gasteiger partial charge in [0.15, 0.2) is 0 Å². The van der Waals surface area contributed by atoms with Gasteiger partial charge in [-0.05, 0) is 59.8 Å². The van der Waals surface area contributed by atoms with E-state index in [4.69, 9.17) is 4.74 Å². The van der Waals surface area contributed by atoms with Crippen LogP contribution < -0.4 is 16.0 Å². The number of hydrogen-bond acceptors (Lipinski definition) is 6. The van der Waals surface area contributed by atoms with Crippen LogP contribution in [-0.2, 0) is 16.0 Å². The molecule has 1 aliphatic rings. The molecule has 3 heterocycles. The van der Waals surface area contributed by atoms with Crippen LogP contribution in [0.15, 0.2) is 53.9 Å². The van der Waals surface area contributed by atoms with Gasteiger partial charge in [-0.1, -0.05) is 24.3 Å². The highest BCUT2D eigenvalue weighted by Gasteiger charge is 2.12. The van der Waals surface area contributed by atoms with Crippen LogP contribution >= 0.6 is 11.3 Å². The summed E-state index contributed by atoms with van der Waals surface area (Å²) >= 11 is 1.57. The first-order chi connectivity index (χ1) is 19.0. The minimum Gasteiger partial charge on any atom is -0.379 e. The molecule has 1 aliphatic heterocycles. The number of hydrogen-bond donors (Lipinski definition) is 4. The SMILES string of the molecule is Cc1cc2[nH]nc(/C=C/c3cccc(NC(=O)NCCN4CCOCC4)c3)c2cc1NC(=O)Cc1cccs1. The minimum absolute atomic E-state index is 0.0464. The largest absolute Gasteiger partial charge is 0.379 e. The molecule has 202 valence electrons. The first-order valence-electron chi connectivity index (χ1n) is 13.0. The molecule has 0 radical (unpaired) electrons. The molecule has 0 spiro atoms. The Kier molecular flexibility index (Phi) is 8.67. The number of anilines is 2. The van der Waals surface area contributed by atoms with Gasteiger partial charge >= 0.3 is 6.03 Å². The summed E-state index contributed by atoms with van der Waals surface area (Å²) in [6.07, 6.45) is 4.22. The molecule has 0 saturated carbocycles. The molecule has 4 aromatic rings. The number of amides is 3. The number of benzene rings is 2. The highest BCUT2D eigenvalue weighted by atomic mass is 32.1. The summed E-state index contributed by atoms with van der Waals surface area (Å²) in [5, 5.41) is 19.3. The van der Waals surface area contributed by atoms with Crippen molar-refractivity contribution in [1.29, 1.82) is 0 Å². The average Bonchev–Trinajstić information content (AvgIpc) is 3.58. The van der Waals surface area contributed by atoms with Crippen molar-refractivity contribution in [1.82, 2.24) is 20.4 Å². The number of aromatic nitrogens is 2. The zero-order chi connectivity index (χ0) is 27.0. The zero-order valence-electron chi connectivity index (χ0n) is 21.8. The van der Waals surface area contributed by atoms with E-state index in [9.17, 15) is 9.59 Å². The predicted molar refractivity (Wildman–Crippen MR) is 157 cm³/mol. The lowest BCUT2D eigenvalue weighted by molar-refractivity contribution is -0.115. The molecule has 5 rings (SSSR count). The number of ether oxygens (including phenoxy) is 1. The molecule has 9 nitrogen and oxygen atoms in total. The number of fused-ring (bicyclic) bond motifs is 1. The van der Waals surface area contributed by atoms with Gasteiger partial charge in [0.2, 0.25) is 5.91 Å². The van der Waals surface area contributed by atoms with Crippen LogP contribution in [0.25, 0.3) is 23.1 Å². The van der Waals surface area contributed by atoms with Gasteiger partial charge in [-0.2, -0.15) is 5.10 Å². The molecule has 0 aliphatic carbocycles. The van der Waals surface area contributed by atoms with E-state index in [1.165, 1.54) is 0 Å². The van der Waals surface area contributed by atoms with Gasteiger partial charge in [0.05, 0.1) is 30.8 Å². The molecule has 2 aromatic heterocycles. The van der Waals surface area contributed by atoms with Gasteiger partial charge in [0.1, 0.15) is 0 Å². The van der Waals surface area contributed by atoms with Crippen LogP contribution in [0.3, 0.4) is 0 Å². The molecule has 10 heteroatoms. The van der Waals surface area contributed by atoms with Crippen molar-refractivity contribution in [2.24, 2.45) is 0 Å². The number of nitrogens with zero attached hydrogens (tertiary/aromatic N) is 2.